The van der Waals surface area contributed by atoms with Crippen molar-refractivity contribution in [2.45, 2.75) is 12.6 Å². The molecule has 0 aromatic heterocycles. The first kappa shape index (κ1) is 18.1. The predicted molar refractivity (Wildman–Crippen MR) is 96.8 cm³/mol. The van der Waals surface area contributed by atoms with Crippen LogP contribution in [0, 0.1) is 0 Å². The lowest BCUT2D eigenvalue weighted by Crippen LogP contribution is -2.30. The number of anilines is 1. The second kappa shape index (κ2) is 9.15. The minimum absolute atomic E-state index is 0.286. The molecule has 2 rings (SSSR count). The van der Waals surface area contributed by atoms with E-state index in [2.05, 4.69) is 11.4 Å². The molecule has 2 N–H and O–H groups in total. The molecule has 0 aliphatic carbocycles. The highest BCUT2D eigenvalue weighted by Crippen LogP contribution is 2.18. The van der Waals surface area contributed by atoms with Gasteiger partial charge in [-0.25, -0.2) is 0 Å². The summed E-state index contributed by atoms with van der Waals surface area (Å²) in [6.45, 7) is 1.59. The molecule has 0 amide bonds. The third-order valence-corrected chi connectivity index (χ3v) is 3.50. The van der Waals surface area contributed by atoms with E-state index in [9.17, 15) is 5.11 Å². The van der Waals surface area contributed by atoms with E-state index in [1.807, 2.05) is 61.5 Å². The molecule has 130 valence electrons. The maximum atomic E-state index is 9.80. The van der Waals surface area contributed by atoms with Crippen LogP contribution in [0.5, 0.6) is 11.5 Å². The summed E-state index contributed by atoms with van der Waals surface area (Å²) >= 11 is 0. The molecule has 0 aliphatic rings. The number of ether oxygens (including phenoxy) is 2. The minimum Gasteiger partial charge on any atom is -0.497 e. The zero-order valence-electron chi connectivity index (χ0n) is 14.5. The zero-order chi connectivity index (χ0) is 17.4. The summed E-state index contributed by atoms with van der Waals surface area (Å²) in [5, 5.41) is 13.2. The van der Waals surface area contributed by atoms with E-state index >= 15 is 0 Å². The Labute approximate surface area is 143 Å². The van der Waals surface area contributed by atoms with Crippen molar-refractivity contribution < 1.29 is 14.6 Å². The maximum absolute atomic E-state index is 9.80. The van der Waals surface area contributed by atoms with E-state index in [1.165, 1.54) is 0 Å². The molecule has 1 unspecified atom stereocenters. The van der Waals surface area contributed by atoms with Crippen LogP contribution in [0.25, 0.3) is 0 Å². The lowest BCUT2D eigenvalue weighted by molar-refractivity contribution is 0.0831. The van der Waals surface area contributed by atoms with Gasteiger partial charge in [0, 0.05) is 18.8 Å². The molecule has 0 bridgehead atoms. The fraction of sp³-hybridized carbons (Fsp3) is 0.368. The molecule has 0 aliphatic heterocycles. The van der Waals surface area contributed by atoms with Crippen molar-refractivity contribution in [3.05, 3.63) is 54.1 Å². The second-order valence-electron chi connectivity index (χ2n) is 5.96. The highest BCUT2D eigenvalue weighted by Gasteiger charge is 2.06. The van der Waals surface area contributed by atoms with Gasteiger partial charge in [0.05, 0.1) is 7.11 Å². The average Bonchev–Trinajstić information content (AvgIpc) is 2.58. The Morgan fingerprint density at radius 3 is 2.50 bits per heavy atom. The van der Waals surface area contributed by atoms with Crippen LogP contribution >= 0.6 is 0 Å². The minimum atomic E-state index is -0.495. The van der Waals surface area contributed by atoms with Crippen molar-refractivity contribution in [3.63, 3.8) is 0 Å². The maximum Gasteiger partial charge on any atom is 0.119 e. The van der Waals surface area contributed by atoms with Crippen molar-refractivity contribution in [2.24, 2.45) is 0 Å². The number of methoxy groups -OCH3 is 1. The molecule has 0 fully saturated rings. The SMILES string of the molecule is COc1cccc(CNc2ccc(OCC(O)CN(C)C)cc2)c1. The van der Waals surface area contributed by atoms with Crippen LogP contribution in [0.15, 0.2) is 48.5 Å². The summed E-state index contributed by atoms with van der Waals surface area (Å²) in [5.74, 6) is 1.61. The van der Waals surface area contributed by atoms with E-state index < -0.39 is 6.10 Å². The zero-order valence-corrected chi connectivity index (χ0v) is 14.5. The summed E-state index contributed by atoms with van der Waals surface area (Å²) in [5.41, 5.74) is 2.17. The van der Waals surface area contributed by atoms with Gasteiger partial charge in [0.1, 0.15) is 24.2 Å². The van der Waals surface area contributed by atoms with Crippen LogP contribution in [-0.4, -0.2) is 50.5 Å². The number of likely N-dealkylation sites (N-methyl/N-ethyl adjacent to an activating group) is 1. The Bertz CT molecular complexity index is 614. The molecule has 24 heavy (non-hydrogen) atoms. The molecule has 0 saturated carbocycles. The normalized spacial score (nSPS) is 12.0. The Morgan fingerprint density at radius 2 is 1.83 bits per heavy atom. The lowest BCUT2D eigenvalue weighted by Gasteiger charge is -2.16. The lowest BCUT2D eigenvalue weighted by atomic mass is 10.2. The Hall–Kier alpha value is -2.24. The van der Waals surface area contributed by atoms with Gasteiger partial charge in [0.2, 0.25) is 0 Å². The summed E-state index contributed by atoms with van der Waals surface area (Å²) < 4.78 is 10.8. The van der Waals surface area contributed by atoms with Crippen molar-refractivity contribution in [3.8, 4) is 11.5 Å². The van der Waals surface area contributed by atoms with Gasteiger partial charge in [-0.2, -0.15) is 0 Å². The van der Waals surface area contributed by atoms with Crippen LogP contribution in [0.3, 0.4) is 0 Å². The van der Waals surface area contributed by atoms with E-state index in [-0.39, 0.29) is 6.61 Å². The summed E-state index contributed by atoms with van der Waals surface area (Å²) in [6.07, 6.45) is -0.495. The fourth-order valence-electron chi connectivity index (χ4n) is 2.32. The number of nitrogens with zero attached hydrogens (tertiary/aromatic N) is 1. The van der Waals surface area contributed by atoms with E-state index in [0.717, 1.165) is 29.3 Å². The van der Waals surface area contributed by atoms with Gasteiger partial charge in [0.25, 0.3) is 0 Å². The van der Waals surface area contributed by atoms with E-state index in [0.29, 0.717) is 6.54 Å². The van der Waals surface area contributed by atoms with Gasteiger partial charge in [0.15, 0.2) is 0 Å². The van der Waals surface area contributed by atoms with Gasteiger partial charge in [-0.3, -0.25) is 0 Å². The fourth-order valence-corrected chi connectivity index (χ4v) is 2.32. The van der Waals surface area contributed by atoms with E-state index in [1.54, 1.807) is 7.11 Å². The summed E-state index contributed by atoms with van der Waals surface area (Å²) in [7, 11) is 5.51. The third kappa shape index (κ3) is 6.10. The highest BCUT2D eigenvalue weighted by molar-refractivity contribution is 5.47. The third-order valence-electron chi connectivity index (χ3n) is 3.50. The number of nitrogens with one attached hydrogen (secondary N) is 1. The topological polar surface area (TPSA) is 54.0 Å². The smallest absolute Gasteiger partial charge is 0.119 e. The molecular weight excluding hydrogens is 304 g/mol. The molecule has 0 saturated heterocycles. The molecule has 0 spiro atoms. The second-order valence-corrected chi connectivity index (χ2v) is 5.96. The predicted octanol–water partition coefficient (Wildman–Crippen LogP) is 2.61. The van der Waals surface area contributed by atoms with Crippen molar-refractivity contribution in [1.82, 2.24) is 4.90 Å². The molecule has 5 heteroatoms. The highest BCUT2D eigenvalue weighted by atomic mass is 16.5. The van der Waals surface area contributed by atoms with Crippen molar-refractivity contribution in [2.75, 3.05) is 39.7 Å². The summed E-state index contributed by atoms with van der Waals surface area (Å²) in [6, 6.07) is 15.7. The van der Waals surface area contributed by atoms with Gasteiger partial charge < -0.3 is 24.8 Å². The Kier molecular flexibility index (Phi) is 6.90. The van der Waals surface area contributed by atoms with Crippen LogP contribution in [0.2, 0.25) is 0 Å². The molecule has 2 aromatic rings. The Balaban J connectivity index is 1.81. The largest absolute Gasteiger partial charge is 0.497 e. The van der Waals surface area contributed by atoms with E-state index in [4.69, 9.17) is 9.47 Å². The average molecular weight is 330 g/mol. The van der Waals surface area contributed by atoms with Gasteiger partial charge in [-0.1, -0.05) is 12.1 Å². The number of aliphatic hydroxyl groups excluding tert-OH is 1. The molecule has 0 radical (unpaired) electrons. The number of benzene rings is 2. The molecule has 2 aromatic carbocycles. The van der Waals surface area contributed by atoms with Crippen molar-refractivity contribution >= 4 is 5.69 Å². The van der Waals surface area contributed by atoms with Gasteiger partial charge >= 0.3 is 0 Å². The van der Waals surface area contributed by atoms with Crippen LogP contribution in [0.1, 0.15) is 5.56 Å². The number of hydrogen-bond acceptors (Lipinski definition) is 5. The molecule has 0 heterocycles. The first-order valence-corrected chi connectivity index (χ1v) is 7.99. The summed E-state index contributed by atoms with van der Waals surface area (Å²) in [4.78, 5) is 1.93. The van der Waals surface area contributed by atoms with Crippen molar-refractivity contribution in [1.29, 1.82) is 0 Å². The Morgan fingerprint density at radius 1 is 1.08 bits per heavy atom. The molecule has 5 nitrogen and oxygen atoms in total. The van der Waals surface area contributed by atoms with Crippen LogP contribution in [-0.2, 0) is 6.54 Å². The standard InChI is InChI=1S/C19H26N2O3/c1-21(2)13-17(22)14-24-18-9-7-16(8-10-18)20-12-15-5-4-6-19(11-15)23-3/h4-11,17,20,22H,12-14H2,1-3H3. The first-order chi connectivity index (χ1) is 11.6. The van der Waals surface area contributed by atoms with Crippen LogP contribution in [0.4, 0.5) is 5.69 Å². The number of aliphatic hydroxyl groups is 1. The quantitative estimate of drug-likeness (QED) is 0.740. The molecule has 1 atom stereocenters. The van der Waals surface area contributed by atoms with Crippen LogP contribution < -0.4 is 14.8 Å². The number of hydrogen-bond donors (Lipinski definition) is 2. The first-order valence-electron chi connectivity index (χ1n) is 7.99. The van der Waals surface area contributed by atoms with Gasteiger partial charge in [-0.05, 0) is 56.1 Å². The monoisotopic (exact) mass is 330 g/mol. The van der Waals surface area contributed by atoms with Gasteiger partial charge in [-0.15, -0.1) is 0 Å². The molecular formula is C19H26N2O3. The number of rotatable bonds is 9.